The molecular formula is C8H13N. The largest absolute Gasteiger partial charge is 0.388 e. The van der Waals surface area contributed by atoms with Crippen molar-refractivity contribution in [3.05, 3.63) is 36.6 Å². The van der Waals surface area contributed by atoms with E-state index < -0.39 is 0 Å². The first kappa shape index (κ1) is 8.02. The molecule has 0 radical (unpaired) electrons. The zero-order valence-electron chi connectivity index (χ0n) is 6.02. The van der Waals surface area contributed by atoms with E-state index in [9.17, 15) is 0 Å². The summed E-state index contributed by atoms with van der Waals surface area (Å²) in [5.41, 5.74) is 1.04. The van der Waals surface area contributed by atoms with Crippen LogP contribution in [-0.2, 0) is 0 Å². The summed E-state index contributed by atoms with van der Waals surface area (Å²) >= 11 is 0. The number of nitrogens with one attached hydrogen (secondary N) is 1. The summed E-state index contributed by atoms with van der Waals surface area (Å²) in [6.07, 6.45) is 7.68. The van der Waals surface area contributed by atoms with Crippen molar-refractivity contribution in [3.63, 3.8) is 0 Å². The Kier molecular flexibility index (Phi) is 4.60. The second-order valence-corrected chi connectivity index (χ2v) is 1.60. The summed E-state index contributed by atoms with van der Waals surface area (Å²) in [5, 5.41) is 2.98. The molecule has 0 unspecified atom stereocenters. The quantitative estimate of drug-likeness (QED) is 0.565. The van der Waals surface area contributed by atoms with E-state index in [1.165, 1.54) is 0 Å². The highest BCUT2D eigenvalue weighted by atomic mass is 14.8. The Labute approximate surface area is 56.8 Å². The van der Waals surface area contributed by atoms with Crippen molar-refractivity contribution in [1.82, 2.24) is 5.32 Å². The van der Waals surface area contributed by atoms with Crippen molar-refractivity contribution in [2.75, 3.05) is 7.05 Å². The Balaban J connectivity index is 3.90. The van der Waals surface area contributed by atoms with Crippen molar-refractivity contribution >= 4 is 0 Å². The standard InChI is InChI=1S/C8H13N/c1-4-6-7-8(5-2)9-3/h4-7,9H,2H2,1,3H3/b6-4-,8-7+. The van der Waals surface area contributed by atoms with Crippen LogP contribution in [0.3, 0.4) is 0 Å². The fraction of sp³-hybridized carbons (Fsp3) is 0.250. The van der Waals surface area contributed by atoms with E-state index in [0.717, 1.165) is 5.70 Å². The van der Waals surface area contributed by atoms with Gasteiger partial charge in [0.15, 0.2) is 0 Å². The Hall–Kier alpha value is -0.980. The van der Waals surface area contributed by atoms with Crippen molar-refractivity contribution in [3.8, 4) is 0 Å². The fourth-order valence-corrected chi connectivity index (χ4v) is 0.453. The van der Waals surface area contributed by atoms with Crippen LogP contribution >= 0.6 is 0 Å². The molecule has 0 rings (SSSR count). The lowest BCUT2D eigenvalue weighted by Gasteiger charge is -1.94. The number of hydrogen-bond acceptors (Lipinski definition) is 1. The van der Waals surface area contributed by atoms with Crippen LogP contribution < -0.4 is 5.32 Å². The molecule has 0 aliphatic carbocycles. The molecule has 0 spiro atoms. The zero-order valence-corrected chi connectivity index (χ0v) is 6.02. The third-order valence-corrected chi connectivity index (χ3v) is 0.977. The molecule has 1 N–H and O–H groups in total. The number of allylic oxidation sites excluding steroid dienone is 4. The van der Waals surface area contributed by atoms with E-state index in [2.05, 4.69) is 11.9 Å². The predicted molar refractivity (Wildman–Crippen MR) is 42.2 cm³/mol. The monoisotopic (exact) mass is 123 g/mol. The lowest BCUT2D eigenvalue weighted by atomic mass is 10.3. The number of likely N-dealkylation sites (N-methyl/N-ethyl adjacent to an activating group) is 1. The number of hydrogen-bond donors (Lipinski definition) is 1. The van der Waals surface area contributed by atoms with Crippen LogP contribution in [0.1, 0.15) is 6.92 Å². The van der Waals surface area contributed by atoms with Gasteiger partial charge in [-0.05, 0) is 19.1 Å². The maximum absolute atomic E-state index is 3.62. The fourth-order valence-electron chi connectivity index (χ4n) is 0.453. The topological polar surface area (TPSA) is 12.0 Å². The highest BCUT2D eigenvalue weighted by molar-refractivity contribution is 5.19. The summed E-state index contributed by atoms with van der Waals surface area (Å²) in [6, 6.07) is 0. The van der Waals surface area contributed by atoms with Gasteiger partial charge in [-0.15, -0.1) is 0 Å². The molecule has 0 aromatic rings. The lowest BCUT2D eigenvalue weighted by Crippen LogP contribution is -2.01. The molecule has 0 fully saturated rings. The molecule has 1 nitrogen and oxygen atoms in total. The van der Waals surface area contributed by atoms with Crippen molar-refractivity contribution in [2.45, 2.75) is 6.92 Å². The van der Waals surface area contributed by atoms with Crippen LogP contribution in [0.15, 0.2) is 36.6 Å². The van der Waals surface area contributed by atoms with Crippen LogP contribution in [0.25, 0.3) is 0 Å². The van der Waals surface area contributed by atoms with Gasteiger partial charge in [0.1, 0.15) is 0 Å². The maximum atomic E-state index is 3.62. The Bertz CT molecular complexity index is 132. The lowest BCUT2D eigenvalue weighted by molar-refractivity contribution is 1.03. The molecule has 0 aliphatic rings. The van der Waals surface area contributed by atoms with Crippen LogP contribution in [-0.4, -0.2) is 7.05 Å². The molecule has 0 saturated carbocycles. The molecule has 9 heavy (non-hydrogen) atoms. The van der Waals surface area contributed by atoms with Gasteiger partial charge in [0, 0.05) is 12.7 Å². The van der Waals surface area contributed by atoms with E-state index in [1.807, 2.05) is 32.2 Å². The Morgan fingerprint density at radius 3 is 2.56 bits per heavy atom. The van der Waals surface area contributed by atoms with E-state index in [4.69, 9.17) is 0 Å². The van der Waals surface area contributed by atoms with Gasteiger partial charge in [0.2, 0.25) is 0 Å². The molecule has 50 valence electrons. The molecule has 0 heterocycles. The van der Waals surface area contributed by atoms with E-state index in [-0.39, 0.29) is 0 Å². The van der Waals surface area contributed by atoms with Gasteiger partial charge in [-0.2, -0.15) is 0 Å². The first-order valence-corrected chi connectivity index (χ1v) is 2.98. The van der Waals surface area contributed by atoms with E-state index in [1.54, 1.807) is 6.08 Å². The van der Waals surface area contributed by atoms with Crippen molar-refractivity contribution in [2.24, 2.45) is 0 Å². The van der Waals surface area contributed by atoms with Crippen LogP contribution in [0.4, 0.5) is 0 Å². The van der Waals surface area contributed by atoms with E-state index in [0.29, 0.717) is 0 Å². The van der Waals surface area contributed by atoms with Crippen LogP contribution in [0.5, 0.6) is 0 Å². The summed E-state index contributed by atoms with van der Waals surface area (Å²) in [6.45, 7) is 5.60. The normalized spacial score (nSPS) is 12.0. The molecule has 0 saturated heterocycles. The van der Waals surface area contributed by atoms with Crippen molar-refractivity contribution in [1.29, 1.82) is 0 Å². The van der Waals surface area contributed by atoms with Crippen molar-refractivity contribution < 1.29 is 0 Å². The van der Waals surface area contributed by atoms with Crippen LogP contribution in [0, 0.1) is 0 Å². The predicted octanol–water partition coefficient (Wildman–Crippen LogP) is 1.85. The molecule has 0 aromatic heterocycles. The van der Waals surface area contributed by atoms with Crippen LogP contribution in [0.2, 0.25) is 0 Å². The smallest absolute Gasteiger partial charge is 0.0331 e. The Morgan fingerprint density at radius 1 is 1.56 bits per heavy atom. The molecule has 0 aliphatic heterocycles. The van der Waals surface area contributed by atoms with Gasteiger partial charge in [-0.1, -0.05) is 18.7 Å². The van der Waals surface area contributed by atoms with E-state index >= 15 is 0 Å². The molecule has 0 aromatic carbocycles. The SMILES string of the molecule is C=C/C(=C\C=C/C)NC. The summed E-state index contributed by atoms with van der Waals surface area (Å²) in [7, 11) is 1.87. The first-order valence-electron chi connectivity index (χ1n) is 2.98. The van der Waals surface area contributed by atoms with Gasteiger partial charge in [0.05, 0.1) is 0 Å². The van der Waals surface area contributed by atoms with Gasteiger partial charge in [-0.3, -0.25) is 0 Å². The molecular weight excluding hydrogens is 110 g/mol. The minimum absolute atomic E-state index is 1.04. The van der Waals surface area contributed by atoms with Gasteiger partial charge in [-0.25, -0.2) is 0 Å². The maximum Gasteiger partial charge on any atom is 0.0331 e. The second-order valence-electron chi connectivity index (χ2n) is 1.60. The molecule has 0 atom stereocenters. The highest BCUT2D eigenvalue weighted by Gasteiger charge is 1.77. The summed E-state index contributed by atoms with van der Waals surface area (Å²) in [4.78, 5) is 0. The minimum atomic E-state index is 1.04. The third kappa shape index (κ3) is 3.59. The Morgan fingerprint density at radius 2 is 2.22 bits per heavy atom. The third-order valence-electron chi connectivity index (χ3n) is 0.977. The van der Waals surface area contributed by atoms with Gasteiger partial charge < -0.3 is 5.32 Å². The van der Waals surface area contributed by atoms with Gasteiger partial charge >= 0.3 is 0 Å². The summed E-state index contributed by atoms with van der Waals surface area (Å²) < 4.78 is 0. The second kappa shape index (κ2) is 5.16. The average Bonchev–Trinajstić information content (AvgIpc) is 1.91. The minimum Gasteiger partial charge on any atom is -0.388 e. The van der Waals surface area contributed by atoms with Gasteiger partial charge in [0.25, 0.3) is 0 Å². The summed E-state index contributed by atoms with van der Waals surface area (Å²) in [5.74, 6) is 0. The number of rotatable bonds is 3. The molecule has 0 bridgehead atoms. The molecule has 0 amide bonds. The average molecular weight is 123 g/mol. The highest BCUT2D eigenvalue weighted by Crippen LogP contribution is 1.87. The molecule has 1 heteroatoms. The first-order chi connectivity index (χ1) is 4.35. The zero-order chi connectivity index (χ0) is 7.11.